The Hall–Kier alpha value is -1.29. The van der Waals surface area contributed by atoms with E-state index in [1.165, 1.54) is 12.1 Å². The molecule has 1 aliphatic rings. The molecule has 80 valence electrons. The fraction of sp³-hybridized carbons (Fsp3) is 0.400. The molecule has 1 N–H and O–H groups in total. The van der Waals surface area contributed by atoms with Crippen molar-refractivity contribution in [2.24, 2.45) is 5.92 Å². The summed E-state index contributed by atoms with van der Waals surface area (Å²) in [5, 5.41) is 0. The summed E-state index contributed by atoms with van der Waals surface area (Å²) in [6, 6.07) is 2.84. The van der Waals surface area contributed by atoms with Crippen LogP contribution in [-0.4, -0.2) is 23.3 Å². The molecule has 0 aliphatic carbocycles. The molecular weight excluding hydrogens is 216 g/mol. The molecule has 1 aliphatic heterocycles. The topological polar surface area (TPSA) is 53.2 Å². The van der Waals surface area contributed by atoms with E-state index in [4.69, 9.17) is 11.6 Å². The number of pyridine rings is 1. The third-order valence-electron chi connectivity index (χ3n) is 2.47. The number of amides is 1. The highest BCUT2D eigenvalue weighted by Gasteiger charge is 2.30. The van der Waals surface area contributed by atoms with Crippen LogP contribution in [0.2, 0.25) is 0 Å². The first-order valence-electron chi connectivity index (χ1n) is 4.76. The summed E-state index contributed by atoms with van der Waals surface area (Å²) in [5.74, 6) is 1.23. The van der Waals surface area contributed by atoms with Crippen LogP contribution in [0.4, 0.5) is 5.82 Å². The lowest BCUT2D eigenvalue weighted by atomic mass is 10.1. The fourth-order valence-corrected chi connectivity index (χ4v) is 1.91. The highest BCUT2D eigenvalue weighted by molar-refractivity contribution is 6.18. The molecule has 0 radical (unpaired) electrons. The number of carbonyl (C=O) groups excluding carboxylic acids is 1. The Bertz CT molecular complexity index is 429. The quantitative estimate of drug-likeness (QED) is 0.764. The van der Waals surface area contributed by atoms with Gasteiger partial charge in [-0.15, -0.1) is 11.6 Å². The maximum absolute atomic E-state index is 11.6. The summed E-state index contributed by atoms with van der Waals surface area (Å²) in [6.45, 7) is 0.586. The monoisotopic (exact) mass is 226 g/mol. The van der Waals surface area contributed by atoms with Crippen LogP contribution in [0.5, 0.6) is 0 Å². The van der Waals surface area contributed by atoms with Crippen LogP contribution in [0.1, 0.15) is 6.42 Å². The van der Waals surface area contributed by atoms with Gasteiger partial charge in [-0.25, -0.2) is 0 Å². The minimum atomic E-state index is -0.106. The average molecular weight is 227 g/mol. The number of nitrogens with zero attached hydrogens (tertiary/aromatic N) is 1. The van der Waals surface area contributed by atoms with Gasteiger partial charge in [0.2, 0.25) is 5.91 Å². The Labute approximate surface area is 91.9 Å². The van der Waals surface area contributed by atoms with Crippen LogP contribution in [0.3, 0.4) is 0 Å². The number of H-pyrrole nitrogens is 1. The van der Waals surface area contributed by atoms with Gasteiger partial charge in [0.25, 0.3) is 0 Å². The molecule has 2 heterocycles. The highest BCUT2D eigenvalue weighted by Crippen LogP contribution is 2.22. The van der Waals surface area contributed by atoms with E-state index in [2.05, 4.69) is 4.98 Å². The molecule has 0 aromatic carbocycles. The number of nitrogens with one attached hydrogen (secondary N) is 1. The lowest BCUT2D eigenvalue weighted by Gasteiger charge is -2.15. The molecule has 4 nitrogen and oxygen atoms in total. The molecule has 1 atom stereocenters. The molecule has 1 fully saturated rings. The van der Waals surface area contributed by atoms with Crippen molar-refractivity contribution in [3.05, 3.63) is 28.6 Å². The summed E-state index contributed by atoms with van der Waals surface area (Å²) >= 11 is 5.71. The Balaban J connectivity index is 2.25. The Morgan fingerprint density at radius 3 is 2.93 bits per heavy atom. The molecule has 1 unspecified atom stereocenters. The lowest BCUT2D eigenvalue weighted by molar-refractivity contribution is -0.117. The van der Waals surface area contributed by atoms with Gasteiger partial charge in [-0.1, -0.05) is 0 Å². The Morgan fingerprint density at radius 1 is 1.53 bits per heavy atom. The van der Waals surface area contributed by atoms with Gasteiger partial charge in [0.15, 0.2) is 5.43 Å². The van der Waals surface area contributed by atoms with E-state index in [1.807, 2.05) is 0 Å². The van der Waals surface area contributed by atoms with Crippen molar-refractivity contribution in [1.29, 1.82) is 0 Å². The van der Waals surface area contributed by atoms with E-state index in [9.17, 15) is 9.59 Å². The molecule has 1 aromatic heterocycles. The number of anilines is 1. The van der Waals surface area contributed by atoms with Gasteiger partial charge < -0.3 is 4.98 Å². The van der Waals surface area contributed by atoms with Crippen molar-refractivity contribution in [2.75, 3.05) is 17.3 Å². The van der Waals surface area contributed by atoms with Gasteiger partial charge >= 0.3 is 0 Å². The molecule has 2 rings (SSSR count). The van der Waals surface area contributed by atoms with Crippen molar-refractivity contribution in [3.63, 3.8) is 0 Å². The zero-order chi connectivity index (χ0) is 10.8. The molecule has 5 heteroatoms. The Morgan fingerprint density at radius 2 is 2.33 bits per heavy atom. The molecule has 0 saturated carbocycles. The summed E-state index contributed by atoms with van der Waals surface area (Å²) in [6.07, 6.45) is 2.00. The van der Waals surface area contributed by atoms with Gasteiger partial charge in [0.05, 0.1) is 0 Å². The molecule has 1 amide bonds. The predicted molar refractivity (Wildman–Crippen MR) is 58.2 cm³/mol. The molecule has 15 heavy (non-hydrogen) atoms. The fourth-order valence-electron chi connectivity index (χ4n) is 1.71. The zero-order valence-corrected chi connectivity index (χ0v) is 8.83. The van der Waals surface area contributed by atoms with Gasteiger partial charge in [-0.05, 0) is 5.92 Å². The van der Waals surface area contributed by atoms with E-state index in [-0.39, 0.29) is 17.3 Å². The third-order valence-corrected chi connectivity index (χ3v) is 2.91. The number of halogens is 1. The summed E-state index contributed by atoms with van der Waals surface area (Å²) in [4.78, 5) is 27.2. The first-order chi connectivity index (χ1) is 7.20. The van der Waals surface area contributed by atoms with Crippen molar-refractivity contribution >= 4 is 23.3 Å². The maximum Gasteiger partial charge on any atom is 0.228 e. The van der Waals surface area contributed by atoms with Crippen LogP contribution >= 0.6 is 11.6 Å². The van der Waals surface area contributed by atoms with E-state index in [1.54, 1.807) is 11.1 Å². The smallest absolute Gasteiger partial charge is 0.228 e. The van der Waals surface area contributed by atoms with E-state index >= 15 is 0 Å². The summed E-state index contributed by atoms with van der Waals surface area (Å²) < 4.78 is 0. The first-order valence-corrected chi connectivity index (χ1v) is 5.29. The van der Waals surface area contributed by atoms with Gasteiger partial charge in [-0.2, -0.15) is 0 Å². The SMILES string of the molecule is O=C1CC(CCl)CN1c1cc(=O)cc[nH]1. The van der Waals surface area contributed by atoms with Crippen molar-refractivity contribution in [2.45, 2.75) is 6.42 Å². The van der Waals surface area contributed by atoms with Gasteiger partial charge in [-0.3, -0.25) is 14.5 Å². The second-order valence-electron chi connectivity index (χ2n) is 3.64. The summed E-state index contributed by atoms with van der Waals surface area (Å²) in [5.41, 5.74) is -0.106. The highest BCUT2D eigenvalue weighted by atomic mass is 35.5. The minimum absolute atomic E-state index is 0.0162. The molecular formula is C10H11ClN2O2. The third kappa shape index (κ3) is 2.04. The van der Waals surface area contributed by atoms with Crippen LogP contribution in [0, 0.1) is 5.92 Å². The second-order valence-corrected chi connectivity index (χ2v) is 3.95. The number of aromatic amines is 1. The molecule has 1 aromatic rings. The van der Waals surface area contributed by atoms with Crippen LogP contribution in [-0.2, 0) is 4.79 Å². The largest absolute Gasteiger partial charge is 0.348 e. The maximum atomic E-state index is 11.6. The van der Waals surface area contributed by atoms with Crippen molar-refractivity contribution in [1.82, 2.24) is 4.98 Å². The normalized spacial score (nSPS) is 21.0. The van der Waals surface area contributed by atoms with E-state index < -0.39 is 0 Å². The summed E-state index contributed by atoms with van der Waals surface area (Å²) in [7, 11) is 0. The first kappa shape index (κ1) is 10.2. The standard InChI is InChI=1S/C10H11ClN2O2/c11-5-7-3-10(15)13(6-7)9-4-8(14)1-2-12-9/h1-2,4,7H,3,5-6H2,(H,12,14). The number of carbonyl (C=O) groups is 1. The number of hydrogen-bond donors (Lipinski definition) is 1. The number of hydrogen-bond acceptors (Lipinski definition) is 2. The minimum Gasteiger partial charge on any atom is -0.348 e. The van der Waals surface area contributed by atoms with E-state index in [0.29, 0.717) is 24.7 Å². The van der Waals surface area contributed by atoms with Crippen LogP contribution in [0.15, 0.2) is 23.1 Å². The van der Waals surface area contributed by atoms with Crippen LogP contribution in [0.25, 0.3) is 0 Å². The number of rotatable bonds is 2. The lowest BCUT2D eigenvalue weighted by Crippen LogP contribution is -2.26. The van der Waals surface area contributed by atoms with Gasteiger partial charge in [0.1, 0.15) is 5.82 Å². The van der Waals surface area contributed by atoms with Gasteiger partial charge in [0, 0.05) is 37.2 Å². The van der Waals surface area contributed by atoms with Crippen molar-refractivity contribution in [3.8, 4) is 0 Å². The number of aromatic nitrogens is 1. The van der Waals surface area contributed by atoms with E-state index in [0.717, 1.165) is 0 Å². The molecule has 1 saturated heterocycles. The zero-order valence-electron chi connectivity index (χ0n) is 8.07. The number of alkyl halides is 1. The van der Waals surface area contributed by atoms with Crippen LogP contribution < -0.4 is 10.3 Å². The Kier molecular flexibility index (Phi) is 2.77. The molecule has 0 spiro atoms. The van der Waals surface area contributed by atoms with Crippen molar-refractivity contribution < 1.29 is 4.79 Å². The second kappa shape index (κ2) is 4.06. The predicted octanol–water partition coefficient (Wildman–Crippen LogP) is 0.967. The molecule has 0 bridgehead atoms. The average Bonchev–Trinajstić information content (AvgIpc) is 2.60.